The Labute approximate surface area is 133 Å². The molecule has 1 nitrogen and oxygen atoms in total. The Balaban J connectivity index is 1.55. The van der Waals surface area contributed by atoms with Gasteiger partial charge in [-0.3, -0.25) is 0 Å². The summed E-state index contributed by atoms with van der Waals surface area (Å²) in [6.07, 6.45) is 10.5. The van der Waals surface area contributed by atoms with Crippen LogP contribution in [0.2, 0.25) is 0 Å². The van der Waals surface area contributed by atoms with Gasteiger partial charge in [0.15, 0.2) is 0 Å². The summed E-state index contributed by atoms with van der Waals surface area (Å²) in [5.74, 6) is 0. The summed E-state index contributed by atoms with van der Waals surface area (Å²) in [5.41, 5.74) is 2.77. The van der Waals surface area contributed by atoms with E-state index in [9.17, 15) is 0 Å². The molecule has 3 rings (SSSR count). The van der Waals surface area contributed by atoms with Crippen LogP contribution >= 0.6 is 0 Å². The van der Waals surface area contributed by atoms with Crippen LogP contribution in [0, 0.1) is 0 Å². The lowest BCUT2D eigenvalue weighted by molar-refractivity contribution is -0.00839. The first-order valence-corrected chi connectivity index (χ1v) is 8.28. The molecule has 2 aromatic carbocycles. The van der Waals surface area contributed by atoms with E-state index in [2.05, 4.69) is 72.8 Å². The molecule has 0 amide bonds. The normalized spacial score (nSPS) is 21.5. The third kappa shape index (κ3) is 4.57. The molecule has 2 atom stereocenters. The Morgan fingerprint density at radius 1 is 0.727 bits per heavy atom. The van der Waals surface area contributed by atoms with Gasteiger partial charge in [-0.15, -0.1) is 0 Å². The van der Waals surface area contributed by atoms with Gasteiger partial charge in [0.2, 0.25) is 0 Å². The van der Waals surface area contributed by atoms with Crippen LogP contribution in [0.15, 0.2) is 72.8 Å². The fraction of sp³-hybridized carbons (Fsp3) is 0.333. The van der Waals surface area contributed by atoms with Gasteiger partial charge in [-0.2, -0.15) is 0 Å². The van der Waals surface area contributed by atoms with E-state index >= 15 is 0 Å². The highest BCUT2D eigenvalue weighted by atomic mass is 16.5. The first-order valence-electron chi connectivity index (χ1n) is 8.28. The molecule has 0 radical (unpaired) electrons. The summed E-state index contributed by atoms with van der Waals surface area (Å²) >= 11 is 0. The van der Waals surface area contributed by atoms with Gasteiger partial charge in [0.1, 0.15) is 0 Å². The largest absolute Gasteiger partial charge is 0.374 e. The summed E-state index contributed by atoms with van der Waals surface area (Å²) in [7, 11) is 0. The number of hydrogen-bond donors (Lipinski definition) is 0. The predicted molar refractivity (Wildman–Crippen MR) is 91.9 cm³/mol. The molecule has 2 aromatic rings. The van der Waals surface area contributed by atoms with Crippen molar-refractivity contribution >= 4 is 0 Å². The third-order valence-electron chi connectivity index (χ3n) is 4.25. The van der Waals surface area contributed by atoms with E-state index in [0.29, 0.717) is 12.2 Å². The molecule has 0 unspecified atom stereocenters. The van der Waals surface area contributed by atoms with Crippen LogP contribution in [0.5, 0.6) is 0 Å². The van der Waals surface area contributed by atoms with Crippen LogP contribution < -0.4 is 0 Å². The van der Waals surface area contributed by atoms with Crippen molar-refractivity contribution in [2.24, 2.45) is 0 Å². The smallest absolute Gasteiger partial charge is 0.0653 e. The molecule has 0 N–H and O–H groups in total. The lowest BCUT2D eigenvalue weighted by atomic mass is 10.0. The maximum Gasteiger partial charge on any atom is 0.0653 e. The number of hydrogen-bond acceptors (Lipinski definition) is 1. The van der Waals surface area contributed by atoms with Crippen molar-refractivity contribution in [2.75, 3.05) is 0 Å². The number of rotatable bonds is 5. The van der Waals surface area contributed by atoms with Gasteiger partial charge in [0.25, 0.3) is 0 Å². The van der Waals surface area contributed by atoms with Gasteiger partial charge in [0, 0.05) is 0 Å². The highest BCUT2D eigenvalue weighted by Crippen LogP contribution is 2.20. The molecule has 0 fully saturated rings. The van der Waals surface area contributed by atoms with Crippen molar-refractivity contribution in [2.45, 2.75) is 44.3 Å². The van der Waals surface area contributed by atoms with Gasteiger partial charge in [-0.05, 0) is 43.2 Å². The van der Waals surface area contributed by atoms with Crippen molar-refractivity contribution in [3.05, 3.63) is 83.9 Å². The molecule has 1 heteroatoms. The average molecular weight is 292 g/mol. The van der Waals surface area contributed by atoms with Crippen LogP contribution in [-0.2, 0) is 17.6 Å². The SMILES string of the molecule is C1=CC[C@@H](CCc2ccccc2)O[C@@H](Cc2ccccc2)C1. The first-order chi connectivity index (χ1) is 10.9. The molecule has 114 valence electrons. The second-order valence-electron chi connectivity index (χ2n) is 6.04. The van der Waals surface area contributed by atoms with E-state index in [0.717, 1.165) is 32.1 Å². The fourth-order valence-electron chi connectivity index (χ4n) is 3.05. The molecule has 1 aliphatic rings. The standard InChI is InChI=1S/C21H24O/c1-3-9-18(10-4-1)15-16-20-13-7-8-14-21(22-20)17-19-11-5-2-6-12-19/h1-12,20-21H,13-17H2/t20-,21+/m0/s1. The minimum atomic E-state index is 0.307. The molecule has 0 bridgehead atoms. The van der Waals surface area contributed by atoms with Crippen LogP contribution in [0.4, 0.5) is 0 Å². The van der Waals surface area contributed by atoms with Crippen molar-refractivity contribution in [1.29, 1.82) is 0 Å². The number of aryl methyl sites for hydroxylation is 1. The zero-order valence-corrected chi connectivity index (χ0v) is 13.0. The first kappa shape index (κ1) is 15.1. The Hall–Kier alpha value is -1.86. The minimum absolute atomic E-state index is 0.307. The van der Waals surface area contributed by atoms with Gasteiger partial charge in [-0.1, -0.05) is 72.8 Å². The van der Waals surface area contributed by atoms with E-state index in [1.165, 1.54) is 11.1 Å². The number of benzene rings is 2. The van der Waals surface area contributed by atoms with E-state index in [1.54, 1.807) is 0 Å². The van der Waals surface area contributed by atoms with Crippen molar-refractivity contribution in [3.8, 4) is 0 Å². The zero-order chi connectivity index (χ0) is 15.0. The van der Waals surface area contributed by atoms with E-state index in [4.69, 9.17) is 4.74 Å². The average Bonchev–Trinajstić information content (AvgIpc) is 2.80. The van der Waals surface area contributed by atoms with E-state index in [-0.39, 0.29) is 0 Å². The van der Waals surface area contributed by atoms with Crippen molar-refractivity contribution in [3.63, 3.8) is 0 Å². The molecule has 0 saturated heterocycles. The van der Waals surface area contributed by atoms with Crippen LogP contribution in [0.1, 0.15) is 30.4 Å². The van der Waals surface area contributed by atoms with Crippen molar-refractivity contribution < 1.29 is 4.74 Å². The number of ether oxygens (including phenoxy) is 1. The highest BCUT2D eigenvalue weighted by Gasteiger charge is 2.18. The maximum absolute atomic E-state index is 6.37. The minimum Gasteiger partial charge on any atom is -0.374 e. The third-order valence-corrected chi connectivity index (χ3v) is 4.25. The molecule has 0 saturated carbocycles. The summed E-state index contributed by atoms with van der Waals surface area (Å²) in [6, 6.07) is 21.4. The molecule has 1 aliphatic heterocycles. The highest BCUT2D eigenvalue weighted by molar-refractivity contribution is 5.16. The van der Waals surface area contributed by atoms with Crippen LogP contribution in [0.3, 0.4) is 0 Å². The molecule has 0 spiro atoms. The van der Waals surface area contributed by atoms with E-state index in [1.807, 2.05) is 0 Å². The topological polar surface area (TPSA) is 9.23 Å². The molecule has 1 heterocycles. The summed E-state index contributed by atoms with van der Waals surface area (Å²) in [4.78, 5) is 0. The predicted octanol–water partition coefficient (Wildman–Crippen LogP) is 4.97. The second-order valence-corrected chi connectivity index (χ2v) is 6.04. The zero-order valence-electron chi connectivity index (χ0n) is 13.0. The molecule has 0 aliphatic carbocycles. The van der Waals surface area contributed by atoms with Gasteiger partial charge in [0.05, 0.1) is 12.2 Å². The fourth-order valence-corrected chi connectivity index (χ4v) is 3.05. The maximum atomic E-state index is 6.37. The Morgan fingerprint density at radius 3 is 2.00 bits per heavy atom. The van der Waals surface area contributed by atoms with E-state index < -0.39 is 0 Å². The summed E-state index contributed by atoms with van der Waals surface area (Å²) in [5, 5.41) is 0. The summed E-state index contributed by atoms with van der Waals surface area (Å²) < 4.78 is 6.37. The van der Waals surface area contributed by atoms with Gasteiger partial charge >= 0.3 is 0 Å². The van der Waals surface area contributed by atoms with Gasteiger partial charge in [-0.25, -0.2) is 0 Å². The molecular formula is C21H24O. The molecule has 22 heavy (non-hydrogen) atoms. The van der Waals surface area contributed by atoms with Gasteiger partial charge < -0.3 is 4.74 Å². The lowest BCUT2D eigenvalue weighted by Gasteiger charge is -2.22. The lowest BCUT2D eigenvalue weighted by Crippen LogP contribution is -2.22. The molecular weight excluding hydrogens is 268 g/mol. The molecule has 0 aromatic heterocycles. The Kier molecular flexibility index (Phi) is 5.44. The summed E-state index contributed by atoms with van der Waals surface area (Å²) in [6.45, 7) is 0. The Morgan fingerprint density at radius 2 is 1.32 bits per heavy atom. The quantitative estimate of drug-likeness (QED) is 0.707. The Bertz CT molecular complexity index is 573. The van der Waals surface area contributed by atoms with Crippen LogP contribution in [-0.4, -0.2) is 12.2 Å². The van der Waals surface area contributed by atoms with Crippen molar-refractivity contribution in [1.82, 2.24) is 0 Å². The monoisotopic (exact) mass is 292 g/mol. The van der Waals surface area contributed by atoms with Crippen LogP contribution in [0.25, 0.3) is 0 Å². The second kappa shape index (κ2) is 7.95.